The normalized spacial score (nSPS) is 26.1. The Hall–Kier alpha value is -2.35. The van der Waals surface area contributed by atoms with Crippen molar-refractivity contribution in [2.75, 3.05) is 0 Å². The van der Waals surface area contributed by atoms with Crippen molar-refractivity contribution < 1.29 is 13.6 Å². The zero-order valence-corrected chi connectivity index (χ0v) is 13.4. The van der Waals surface area contributed by atoms with Crippen LogP contribution in [0.15, 0.2) is 35.2 Å². The van der Waals surface area contributed by atoms with Gasteiger partial charge in [-0.2, -0.15) is 8.78 Å². The summed E-state index contributed by atoms with van der Waals surface area (Å²) in [5.41, 5.74) is 12.6. The number of alkyl halides is 2. The molecule has 0 radical (unpaired) electrons. The first-order valence-corrected chi connectivity index (χ1v) is 7.73. The van der Waals surface area contributed by atoms with Crippen LogP contribution >= 0.6 is 0 Å². The molecule has 1 aliphatic rings. The number of carbonyl (C=O) groups is 1. The van der Waals surface area contributed by atoms with Gasteiger partial charge in [-0.25, -0.2) is 4.99 Å². The van der Waals surface area contributed by atoms with Crippen molar-refractivity contribution in [2.45, 2.75) is 38.8 Å². The van der Waals surface area contributed by atoms with Gasteiger partial charge in [-0.1, -0.05) is 13.3 Å². The van der Waals surface area contributed by atoms with Gasteiger partial charge in [-0.15, -0.1) is 0 Å². The molecule has 0 aromatic carbocycles. The van der Waals surface area contributed by atoms with Crippen molar-refractivity contribution in [3.63, 3.8) is 0 Å². The topological polar surface area (TPSA) is 106 Å². The minimum absolute atomic E-state index is 0.0402. The lowest BCUT2D eigenvalue weighted by Crippen LogP contribution is -2.33. The Balaban J connectivity index is 2.54. The molecular formula is C16H21F2N5O. The van der Waals surface area contributed by atoms with Gasteiger partial charge in [-0.3, -0.25) is 9.78 Å². The van der Waals surface area contributed by atoms with Gasteiger partial charge < -0.3 is 16.8 Å². The highest BCUT2D eigenvalue weighted by Crippen LogP contribution is 2.21. The Morgan fingerprint density at radius 1 is 1.46 bits per heavy atom. The molecule has 0 unspecified atom stereocenters. The number of carbonyl (C=O) groups excluding carboxylic acids is 1. The number of nitrogens with two attached hydrogens (primary N) is 2. The molecule has 2 heterocycles. The van der Waals surface area contributed by atoms with Crippen LogP contribution in [0.4, 0.5) is 8.78 Å². The summed E-state index contributed by atoms with van der Waals surface area (Å²) in [6.07, 6.45) is 4.57. The molecule has 2 bridgehead atoms. The largest absolute Gasteiger partial charge is 0.403 e. The molecule has 0 spiro atoms. The smallest absolute Gasteiger partial charge is 0.332 e. The second-order valence-corrected chi connectivity index (χ2v) is 5.73. The van der Waals surface area contributed by atoms with E-state index < -0.39 is 6.55 Å². The molecule has 6 nitrogen and oxygen atoms in total. The van der Waals surface area contributed by atoms with Gasteiger partial charge >= 0.3 is 6.55 Å². The summed E-state index contributed by atoms with van der Waals surface area (Å²) >= 11 is 0. The molecule has 8 heteroatoms. The van der Waals surface area contributed by atoms with E-state index >= 15 is 0 Å². The Labute approximate surface area is 139 Å². The molecule has 0 fully saturated rings. The van der Waals surface area contributed by atoms with E-state index in [0.717, 1.165) is 12.6 Å². The van der Waals surface area contributed by atoms with Crippen LogP contribution in [0.3, 0.4) is 0 Å². The monoisotopic (exact) mass is 337 g/mol. The van der Waals surface area contributed by atoms with Crippen LogP contribution in [0, 0.1) is 5.92 Å². The molecule has 5 N–H and O–H groups in total. The predicted molar refractivity (Wildman–Crippen MR) is 87.1 cm³/mol. The van der Waals surface area contributed by atoms with E-state index in [-0.39, 0.29) is 29.3 Å². The number of halogens is 2. The molecule has 1 aromatic heterocycles. The summed E-state index contributed by atoms with van der Waals surface area (Å²) in [5.74, 6) is -0.595. The minimum atomic E-state index is -2.94. The lowest BCUT2D eigenvalue weighted by atomic mass is 9.97. The first-order chi connectivity index (χ1) is 11.4. The van der Waals surface area contributed by atoms with E-state index in [9.17, 15) is 13.6 Å². The third-order valence-electron chi connectivity index (χ3n) is 3.94. The maximum absolute atomic E-state index is 12.9. The van der Waals surface area contributed by atoms with Crippen LogP contribution in [0.5, 0.6) is 0 Å². The maximum atomic E-state index is 12.9. The lowest BCUT2D eigenvalue weighted by molar-refractivity contribution is -0.123. The fraction of sp³-hybridized carbons (Fsp3) is 0.438. The van der Waals surface area contributed by atoms with Crippen molar-refractivity contribution in [3.05, 3.63) is 41.5 Å². The van der Waals surface area contributed by atoms with Crippen LogP contribution in [0.2, 0.25) is 0 Å². The van der Waals surface area contributed by atoms with Gasteiger partial charge in [-0.05, 0) is 25.0 Å². The Kier molecular flexibility index (Phi) is 5.97. The summed E-state index contributed by atoms with van der Waals surface area (Å²) < 4.78 is 25.8. The van der Waals surface area contributed by atoms with E-state index in [4.69, 9.17) is 11.5 Å². The zero-order valence-electron chi connectivity index (χ0n) is 13.4. The van der Waals surface area contributed by atoms with Gasteiger partial charge in [0, 0.05) is 29.9 Å². The fourth-order valence-corrected chi connectivity index (χ4v) is 2.55. The highest BCUT2D eigenvalue weighted by molar-refractivity contribution is 6.14. The minimum Gasteiger partial charge on any atom is -0.403 e. The number of aromatic nitrogens is 1. The number of nitrogens with one attached hydrogen (secondary N) is 1. The Bertz CT molecular complexity index is 660. The van der Waals surface area contributed by atoms with Crippen molar-refractivity contribution in [2.24, 2.45) is 22.4 Å². The second kappa shape index (κ2) is 7.96. The molecule has 0 saturated heterocycles. The highest BCUT2D eigenvalue weighted by Gasteiger charge is 2.21. The molecule has 1 aromatic rings. The molecule has 24 heavy (non-hydrogen) atoms. The molecule has 0 saturated carbocycles. The maximum Gasteiger partial charge on any atom is 0.332 e. The van der Waals surface area contributed by atoms with E-state index in [1.807, 2.05) is 0 Å². The number of rotatable bonds is 1. The molecule has 1 aliphatic heterocycles. The number of pyridine rings is 1. The number of hydrogen-bond donors (Lipinski definition) is 3. The number of amides is 1. The van der Waals surface area contributed by atoms with Crippen LogP contribution in [0.25, 0.3) is 0 Å². The molecule has 2 atom stereocenters. The second-order valence-electron chi connectivity index (χ2n) is 5.73. The summed E-state index contributed by atoms with van der Waals surface area (Å²) in [6.45, 7) is -1.18. The average Bonchev–Trinajstić information content (AvgIpc) is 2.56. The van der Waals surface area contributed by atoms with E-state index in [2.05, 4.69) is 15.3 Å². The quantitative estimate of drug-likeness (QED) is 0.680. The molecule has 130 valence electrons. The van der Waals surface area contributed by atoms with Gasteiger partial charge in [0.1, 0.15) is 0 Å². The Morgan fingerprint density at radius 3 is 2.88 bits per heavy atom. The average molecular weight is 337 g/mol. The lowest BCUT2D eigenvalue weighted by Gasteiger charge is -2.19. The molecule has 0 aliphatic carbocycles. The first kappa shape index (κ1) is 18.0. The number of nitrogens with zero attached hydrogens (tertiary/aromatic N) is 2. The van der Waals surface area contributed by atoms with E-state index in [1.165, 1.54) is 12.3 Å². The Morgan fingerprint density at radius 2 is 2.21 bits per heavy atom. The van der Waals surface area contributed by atoms with Gasteiger partial charge in [0.2, 0.25) is 5.91 Å². The van der Waals surface area contributed by atoms with Crippen molar-refractivity contribution in [1.82, 2.24) is 10.3 Å². The molecule has 2 rings (SSSR count). The standard InChI is InChI=1S/C16H21F2N5O/c1-9-3-2-4-11(20)12-7-10(5-6-21-12)14(23-16(17)18)13(8-19)22-15(9)24/h5-9,11,16H,2-4,19-20H2,1H3,(H,22,24)/t9-,11+/m1/s1. The summed E-state index contributed by atoms with van der Waals surface area (Å²) in [6, 6.07) is 2.80. The van der Waals surface area contributed by atoms with Gasteiger partial charge in [0.25, 0.3) is 0 Å². The van der Waals surface area contributed by atoms with Crippen molar-refractivity contribution in [1.29, 1.82) is 0 Å². The zero-order chi connectivity index (χ0) is 17.7. The third-order valence-corrected chi connectivity index (χ3v) is 3.94. The summed E-state index contributed by atoms with van der Waals surface area (Å²) in [5, 5.41) is 2.59. The van der Waals surface area contributed by atoms with Crippen LogP contribution < -0.4 is 16.8 Å². The number of hydrogen-bond acceptors (Lipinski definition) is 5. The fourth-order valence-electron chi connectivity index (χ4n) is 2.55. The number of aliphatic imine (C=N–C) groups is 1. The predicted octanol–water partition coefficient (Wildman–Crippen LogP) is 1.83. The van der Waals surface area contributed by atoms with Crippen LogP contribution in [-0.4, -0.2) is 23.2 Å². The third kappa shape index (κ3) is 4.35. The van der Waals surface area contributed by atoms with Crippen LogP contribution in [0.1, 0.15) is 43.5 Å². The van der Waals surface area contributed by atoms with E-state index in [0.29, 0.717) is 24.1 Å². The molecular weight excluding hydrogens is 316 g/mol. The van der Waals surface area contributed by atoms with Crippen molar-refractivity contribution >= 4 is 11.6 Å². The van der Waals surface area contributed by atoms with Crippen molar-refractivity contribution in [3.8, 4) is 0 Å². The number of fused-ring (bicyclic) bond motifs is 2. The summed E-state index contributed by atoms with van der Waals surface area (Å²) in [7, 11) is 0. The summed E-state index contributed by atoms with van der Waals surface area (Å²) in [4.78, 5) is 19.8. The molecule has 1 amide bonds. The van der Waals surface area contributed by atoms with Gasteiger partial charge in [0.05, 0.1) is 17.1 Å². The first-order valence-electron chi connectivity index (χ1n) is 7.73. The van der Waals surface area contributed by atoms with Crippen LogP contribution in [-0.2, 0) is 4.79 Å². The highest BCUT2D eigenvalue weighted by atomic mass is 19.3. The van der Waals surface area contributed by atoms with E-state index in [1.54, 1.807) is 13.0 Å². The van der Waals surface area contributed by atoms with Gasteiger partial charge in [0.15, 0.2) is 0 Å². The number of allylic oxidation sites excluding steroid dienone is 1. The SMILES string of the molecule is C[C@@H]1CCC[C@H](N)c2cc(ccn2)C(=NC(F)F)C(=CN)NC1=O.